The molecule has 2 aliphatic heterocycles. The number of hydrogen-bond donors (Lipinski definition) is 1. The molecule has 2 unspecified atom stereocenters. The van der Waals surface area contributed by atoms with Crippen molar-refractivity contribution in [3.8, 4) is 0 Å². The minimum absolute atomic E-state index is 0. The second-order valence-corrected chi connectivity index (χ2v) is 8.82. The first kappa shape index (κ1) is 24.6. The third kappa shape index (κ3) is 8.15. The summed E-state index contributed by atoms with van der Waals surface area (Å²) >= 11 is 0. The molecule has 1 aromatic rings. The Bertz CT molecular complexity index is 633. The maximum atomic E-state index is 12.4. The van der Waals surface area contributed by atoms with Crippen molar-refractivity contribution in [2.24, 2.45) is 4.99 Å². The Morgan fingerprint density at radius 1 is 1.28 bits per heavy atom. The SMILES string of the molecule is CCNC(=NCCS(=O)c1ccccc1)N1CCC(OCC2CCCO2)CC1.I. The average Bonchev–Trinajstić information content (AvgIpc) is 3.26. The summed E-state index contributed by atoms with van der Waals surface area (Å²) in [5.41, 5.74) is 0. The number of benzene rings is 1. The fraction of sp³-hybridized carbons (Fsp3) is 0.667. The van der Waals surface area contributed by atoms with Gasteiger partial charge in [0.15, 0.2) is 5.96 Å². The third-order valence-electron chi connectivity index (χ3n) is 5.16. The first-order valence-electron chi connectivity index (χ1n) is 10.5. The van der Waals surface area contributed by atoms with E-state index in [-0.39, 0.29) is 24.0 Å². The lowest BCUT2D eigenvalue weighted by atomic mass is 10.1. The molecule has 1 N–H and O–H groups in total. The van der Waals surface area contributed by atoms with E-state index in [2.05, 4.69) is 17.1 Å². The van der Waals surface area contributed by atoms with Gasteiger partial charge in [0, 0.05) is 36.9 Å². The highest BCUT2D eigenvalue weighted by atomic mass is 127. The number of nitrogens with zero attached hydrogens (tertiary/aromatic N) is 2. The van der Waals surface area contributed by atoms with Crippen LogP contribution in [0.2, 0.25) is 0 Å². The van der Waals surface area contributed by atoms with Gasteiger partial charge in [0.25, 0.3) is 0 Å². The molecule has 0 saturated carbocycles. The molecule has 3 rings (SSSR count). The topological polar surface area (TPSA) is 63.2 Å². The molecule has 164 valence electrons. The summed E-state index contributed by atoms with van der Waals surface area (Å²) in [6, 6.07) is 9.60. The summed E-state index contributed by atoms with van der Waals surface area (Å²) in [6.07, 6.45) is 4.90. The smallest absolute Gasteiger partial charge is 0.193 e. The summed E-state index contributed by atoms with van der Waals surface area (Å²) in [5, 5.41) is 3.37. The van der Waals surface area contributed by atoms with Gasteiger partial charge in [-0.05, 0) is 44.7 Å². The number of rotatable bonds is 8. The highest BCUT2D eigenvalue weighted by molar-refractivity contribution is 14.0. The van der Waals surface area contributed by atoms with Crippen molar-refractivity contribution in [1.82, 2.24) is 10.2 Å². The molecule has 2 heterocycles. The average molecular weight is 535 g/mol. The molecule has 0 bridgehead atoms. The second-order valence-electron chi connectivity index (χ2n) is 7.25. The molecule has 2 fully saturated rings. The number of piperidine rings is 1. The minimum atomic E-state index is -1.00. The summed E-state index contributed by atoms with van der Waals surface area (Å²) < 4.78 is 24.1. The Hall–Kier alpha value is -0.710. The lowest BCUT2D eigenvalue weighted by Crippen LogP contribution is -2.47. The first-order valence-corrected chi connectivity index (χ1v) is 11.8. The number of likely N-dealkylation sites (tertiary alicyclic amines) is 1. The van der Waals surface area contributed by atoms with E-state index < -0.39 is 10.8 Å². The molecule has 0 aliphatic carbocycles. The fourth-order valence-corrected chi connectivity index (χ4v) is 4.56. The van der Waals surface area contributed by atoms with Crippen LogP contribution >= 0.6 is 24.0 Å². The molecule has 6 nitrogen and oxygen atoms in total. The highest BCUT2D eigenvalue weighted by Gasteiger charge is 2.24. The van der Waals surface area contributed by atoms with Crippen LogP contribution in [0.1, 0.15) is 32.6 Å². The molecule has 0 spiro atoms. The van der Waals surface area contributed by atoms with Crippen molar-refractivity contribution >= 4 is 40.7 Å². The lowest BCUT2D eigenvalue weighted by molar-refractivity contribution is -0.0367. The molecule has 2 atom stereocenters. The van der Waals surface area contributed by atoms with Crippen LogP contribution in [0.4, 0.5) is 0 Å². The predicted molar refractivity (Wildman–Crippen MR) is 129 cm³/mol. The third-order valence-corrected chi connectivity index (χ3v) is 6.51. The van der Waals surface area contributed by atoms with Crippen molar-refractivity contribution in [3.63, 3.8) is 0 Å². The highest BCUT2D eigenvalue weighted by Crippen LogP contribution is 2.18. The number of guanidine groups is 1. The number of aliphatic imine (C=N–C) groups is 1. The van der Waals surface area contributed by atoms with Gasteiger partial charge in [0.05, 0.1) is 36.2 Å². The van der Waals surface area contributed by atoms with Crippen LogP contribution in [0.3, 0.4) is 0 Å². The van der Waals surface area contributed by atoms with Crippen LogP contribution in [-0.4, -0.2) is 72.4 Å². The van der Waals surface area contributed by atoms with Gasteiger partial charge >= 0.3 is 0 Å². The van der Waals surface area contributed by atoms with Crippen LogP contribution in [0.5, 0.6) is 0 Å². The van der Waals surface area contributed by atoms with Crippen LogP contribution < -0.4 is 5.32 Å². The summed E-state index contributed by atoms with van der Waals surface area (Å²) in [5.74, 6) is 1.46. The van der Waals surface area contributed by atoms with E-state index in [1.54, 1.807) is 0 Å². The molecule has 8 heteroatoms. The standard InChI is InChI=1S/C21H33N3O3S.HI/c1-2-22-21(23-12-16-28(25)20-8-4-3-5-9-20)24-13-10-18(11-14-24)27-17-19-7-6-15-26-19;/h3-5,8-9,18-19H,2,6-7,10-17H2,1H3,(H,22,23);1H. The van der Waals surface area contributed by atoms with Gasteiger partial charge in [-0.1, -0.05) is 18.2 Å². The van der Waals surface area contributed by atoms with Gasteiger partial charge in [0.1, 0.15) is 0 Å². The number of halogens is 1. The van der Waals surface area contributed by atoms with Crippen LogP contribution in [0.25, 0.3) is 0 Å². The Morgan fingerprint density at radius 2 is 2.03 bits per heavy atom. The minimum Gasteiger partial charge on any atom is -0.376 e. The number of hydrogen-bond acceptors (Lipinski definition) is 4. The molecule has 0 aromatic heterocycles. The van der Waals surface area contributed by atoms with Gasteiger partial charge in [-0.15, -0.1) is 24.0 Å². The van der Waals surface area contributed by atoms with E-state index >= 15 is 0 Å². The molecule has 2 aliphatic rings. The van der Waals surface area contributed by atoms with E-state index in [0.29, 0.717) is 24.5 Å². The lowest BCUT2D eigenvalue weighted by Gasteiger charge is -2.34. The van der Waals surface area contributed by atoms with Crippen molar-refractivity contribution in [2.45, 2.75) is 49.7 Å². The molecule has 0 amide bonds. The summed E-state index contributed by atoms with van der Waals surface area (Å²) in [4.78, 5) is 7.87. The molecule has 1 aromatic carbocycles. The predicted octanol–water partition coefficient (Wildman–Crippen LogP) is 3.04. The van der Waals surface area contributed by atoms with Gasteiger partial charge in [-0.2, -0.15) is 0 Å². The van der Waals surface area contributed by atoms with E-state index in [1.807, 2.05) is 30.3 Å². The summed E-state index contributed by atoms with van der Waals surface area (Å²) in [7, 11) is -1.00. The molecule has 29 heavy (non-hydrogen) atoms. The van der Waals surface area contributed by atoms with Crippen molar-refractivity contribution in [2.75, 3.05) is 45.1 Å². The Labute approximate surface area is 194 Å². The quantitative estimate of drug-likeness (QED) is 0.315. The molecular weight excluding hydrogens is 501 g/mol. The summed E-state index contributed by atoms with van der Waals surface area (Å²) in [6.45, 7) is 6.94. The molecule has 0 radical (unpaired) electrons. The largest absolute Gasteiger partial charge is 0.376 e. The van der Waals surface area contributed by atoms with E-state index in [4.69, 9.17) is 14.5 Å². The molecular formula is C21H34IN3O3S. The zero-order valence-electron chi connectivity index (χ0n) is 17.3. The Kier molecular flexibility index (Phi) is 11.5. The van der Waals surface area contributed by atoms with Crippen molar-refractivity contribution in [1.29, 1.82) is 0 Å². The van der Waals surface area contributed by atoms with Gasteiger partial charge in [-0.3, -0.25) is 9.20 Å². The number of nitrogens with one attached hydrogen (secondary N) is 1. The van der Waals surface area contributed by atoms with E-state index in [1.165, 1.54) is 0 Å². The van der Waals surface area contributed by atoms with Crippen LogP contribution in [-0.2, 0) is 20.3 Å². The first-order chi connectivity index (χ1) is 13.8. The maximum absolute atomic E-state index is 12.4. The monoisotopic (exact) mass is 535 g/mol. The Morgan fingerprint density at radius 3 is 2.69 bits per heavy atom. The number of ether oxygens (including phenoxy) is 2. The van der Waals surface area contributed by atoms with Crippen LogP contribution in [0, 0.1) is 0 Å². The zero-order chi connectivity index (χ0) is 19.6. The van der Waals surface area contributed by atoms with E-state index in [9.17, 15) is 4.21 Å². The normalized spacial score (nSPS) is 21.6. The zero-order valence-corrected chi connectivity index (χ0v) is 20.4. The van der Waals surface area contributed by atoms with Crippen molar-refractivity contribution < 1.29 is 13.7 Å². The second kappa shape index (κ2) is 13.6. The molecule has 2 saturated heterocycles. The fourth-order valence-electron chi connectivity index (χ4n) is 3.60. The van der Waals surface area contributed by atoms with Crippen LogP contribution in [0.15, 0.2) is 40.2 Å². The van der Waals surface area contributed by atoms with Gasteiger partial charge in [0.2, 0.25) is 0 Å². The van der Waals surface area contributed by atoms with Gasteiger partial charge in [-0.25, -0.2) is 0 Å². The maximum Gasteiger partial charge on any atom is 0.193 e. The van der Waals surface area contributed by atoms with Gasteiger partial charge < -0.3 is 19.7 Å². The van der Waals surface area contributed by atoms with Crippen molar-refractivity contribution in [3.05, 3.63) is 30.3 Å². The van der Waals surface area contributed by atoms with E-state index in [0.717, 1.165) is 69.4 Å². The Balaban J connectivity index is 0.00000300.